The van der Waals surface area contributed by atoms with Crippen molar-refractivity contribution < 1.29 is 33.7 Å². The number of aliphatic hydroxyl groups excluding tert-OH is 1. The van der Waals surface area contributed by atoms with Crippen LogP contribution in [0.15, 0.2) is 17.1 Å². The van der Waals surface area contributed by atoms with Gasteiger partial charge in [-0.25, -0.2) is 19.9 Å². The Morgan fingerprint density at radius 2 is 2.12 bits per heavy atom. The highest BCUT2D eigenvalue weighted by Gasteiger charge is 2.55. The summed E-state index contributed by atoms with van der Waals surface area (Å²) in [5, 5.41) is 9.31. The third-order valence-electron chi connectivity index (χ3n) is 3.76. The summed E-state index contributed by atoms with van der Waals surface area (Å²) in [5.74, 6) is -0.818. The van der Waals surface area contributed by atoms with Crippen LogP contribution in [0.4, 0.5) is 10.6 Å². The standard InChI is InChI=1S/C14H17N3O8/c1-6(2)12(19)25-16-8-3-4-17(13(20)15-8)11-10-9(7(5-18)22-11)23-14(21)24-10/h3-4,6-7,9-11,18H,5H2,1-2H3,(H,15,16,20)/t7-,9-,10-,11-/m1/s1. The Morgan fingerprint density at radius 1 is 1.40 bits per heavy atom. The monoisotopic (exact) mass is 355 g/mol. The molecule has 0 unspecified atom stereocenters. The Kier molecular flexibility index (Phi) is 4.59. The summed E-state index contributed by atoms with van der Waals surface area (Å²) in [6.45, 7) is 2.92. The Hall–Kier alpha value is -2.66. The Labute approximate surface area is 141 Å². The van der Waals surface area contributed by atoms with Gasteiger partial charge in [0.1, 0.15) is 6.10 Å². The lowest BCUT2D eigenvalue weighted by Gasteiger charge is -2.18. The van der Waals surface area contributed by atoms with Gasteiger partial charge in [0.2, 0.25) is 0 Å². The molecule has 2 saturated heterocycles. The van der Waals surface area contributed by atoms with Crippen molar-refractivity contribution in [3.8, 4) is 0 Å². The number of nitrogens with one attached hydrogen (secondary N) is 1. The highest BCUT2D eigenvalue weighted by molar-refractivity contribution is 5.72. The number of carbonyl (C=O) groups excluding carboxylic acids is 2. The molecule has 1 aromatic rings. The highest BCUT2D eigenvalue weighted by atomic mass is 16.8. The van der Waals surface area contributed by atoms with E-state index in [9.17, 15) is 19.5 Å². The van der Waals surface area contributed by atoms with E-state index in [1.54, 1.807) is 13.8 Å². The molecule has 2 aliphatic rings. The molecule has 1 aromatic heterocycles. The average Bonchev–Trinajstić information content (AvgIpc) is 3.10. The largest absolute Gasteiger partial charge is 0.509 e. The number of fused-ring (bicyclic) bond motifs is 1. The molecule has 11 nitrogen and oxygen atoms in total. The summed E-state index contributed by atoms with van der Waals surface area (Å²) in [4.78, 5) is 43.4. The van der Waals surface area contributed by atoms with E-state index in [4.69, 9.17) is 19.0 Å². The molecule has 0 amide bonds. The molecule has 25 heavy (non-hydrogen) atoms. The maximum atomic E-state index is 12.2. The number of hydrogen-bond acceptors (Lipinski definition) is 10. The van der Waals surface area contributed by atoms with Gasteiger partial charge in [0.05, 0.1) is 12.5 Å². The molecule has 4 atom stereocenters. The van der Waals surface area contributed by atoms with Crippen molar-refractivity contribution in [1.82, 2.24) is 9.55 Å². The molecule has 0 aliphatic carbocycles. The van der Waals surface area contributed by atoms with E-state index in [1.807, 2.05) is 0 Å². The lowest BCUT2D eigenvalue weighted by Crippen LogP contribution is -2.34. The van der Waals surface area contributed by atoms with Crippen LogP contribution in [0, 0.1) is 5.92 Å². The SMILES string of the molecule is CC(C)C(=O)ONc1ccn([C@@H]2O[C@H](CO)[C@H]3OC(=O)O[C@H]32)c(=O)n1. The highest BCUT2D eigenvalue weighted by Crippen LogP contribution is 2.36. The van der Waals surface area contributed by atoms with Gasteiger partial charge in [0.15, 0.2) is 24.3 Å². The van der Waals surface area contributed by atoms with E-state index in [1.165, 1.54) is 12.3 Å². The Bertz CT molecular complexity index is 733. The van der Waals surface area contributed by atoms with Crippen molar-refractivity contribution in [2.45, 2.75) is 38.4 Å². The summed E-state index contributed by atoms with van der Waals surface area (Å²) in [6.07, 6.45) is -3.02. The molecule has 136 valence electrons. The van der Waals surface area contributed by atoms with Crippen LogP contribution in [0.3, 0.4) is 0 Å². The molecule has 2 fully saturated rings. The molecule has 0 saturated carbocycles. The fraction of sp³-hybridized carbons (Fsp3) is 0.571. The normalized spacial score (nSPS) is 27.6. The van der Waals surface area contributed by atoms with Crippen molar-refractivity contribution in [2.24, 2.45) is 5.92 Å². The van der Waals surface area contributed by atoms with Crippen LogP contribution < -0.4 is 11.2 Å². The third-order valence-corrected chi connectivity index (χ3v) is 3.76. The van der Waals surface area contributed by atoms with Crippen LogP contribution in [-0.4, -0.2) is 51.7 Å². The maximum Gasteiger partial charge on any atom is 0.509 e. The minimum Gasteiger partial charge on any atom is -0.424 e. The van der Waals surface area contributed by atoms with Gasteiger partial charge in [0, 0.05) is 12.3 Å². The van der Waals surface area contributed by atoms with Crippen molar-refractivity contribution >= 4 is 17.9 Å². The number of aliphatic hydroxyl groups is 1. The first kappa shape index (κ1) is 17.2. The van der Waals surface area contributed by atoms with Crippen LogP contribution in [0.25, 0.3) is 0 Å². The number of anilines is 1. The Morgan fingerprint density at radius 3 is 2.76 bits per heavy atom. The maximum absolute atomic E-state index is 12.2. The summed E-state index contributed by atoms with van der Waals surface area (Å²) < 4.78 is 16.6. The molecule has 0 radical (unpaired) electrons. The molecule has 0 spiro atoms. The zero-order valence-electron chi connectivity index (χ0n) is 13.4. The first-order valence-electron chi connectivity index (χ1n) is 7.60. The summed E-state index contributed by atoms with van der Waals surface area (Å²) in [6, 6.07) is 1.39. The molecule has 3 heterocycles. The van der Waals surface area contributed by atoms with Crippen LogP contribution in [-0.2, 0) is 23.8 Å². The van der Waals surface area contributed by atoms with Gasteiger partial charge in [-0.1, -0.05) is 13.8 Å². The number of ether oxygens (including phenoxy) is 3. The summed E-state index contributed by atoms with van der Waals surface area (Å²) >= 11 is 0. The van der Waals surface area contributed by atoms with Crippen molar-refractivity contribution in [1.29, 1.82) is 0 Å². The lowest BCUT2D eigenvalue weighted by molar-refractivity contribution is -0.144. The minimum absolute atomic E-state index is 0.0307. The van der Waals surface area contributed by atoms with E-state index in [0.29, 0.717) is 0 Å². The van der Waals surface area contributed by atoms with E-state index >= 15 is 0 Å². The molecule has 2 N–H and O–H groups in total. The molecule has 2 aliphatic heterocycles. The van der Waals surface area contributed by atoms with Gasteiger partial charge >= 0.3 is 17.8 Å². The smallest absolute Gasteiger partial charge is 0.424 e. The Balaban J connectivity index is 1.76. The molecular formula is C14H17N3O8. The van der Waals surface area contributed by atoms with Gasteiger partial charge < -0.3 is 24.2 Å². The zero-order chi connectivity index (χ0) is 18.1. The van der Waals surface area contributed by atoms with Crippen LogP contribution in [0.1, 0.15) is 20.1 Å². The van der Waals surface area contributed by atoms with E-state index in [-0.39, 0.29) is 11.7 Å². The van der Waals surface area contributed by atoms with Gasteiger partial charge in [-0.15, -0.1) is 0 Å². The van der Waals surface area contributed by atoms with Gasteiger partial charge in [-0.2, -0.15) is 4.98 Å². The zero-order valence-corrected chi connectivity index (χ0v) is 13.4. The minimum atomic E-state index is -0.985. The quantitative estimate of drug-likeness (QED) is 0.528. The van der Waals surface area contributed by atoms with Gasteiger partial charge in [-0.3, -0.25) is 4.57 Å². The van der Waals surface area contributed by atoms with Gasteiger partial charge in [0.25, 0.3) is 0 Å². The molecular weight excluding hydrogens is 338 g/mol. The second kappa shape index (κ2) is 6.69. The van der Waals surface area contributed by atoms with E-state index in [0.717, 1.165) is 4.57 Å². The fourth-order valence-corrected chi connectivity index (χ4v) is 2.48. The van der Waals surface area contributed by atoms with E-state index < -0.39 is 49.0 Å². The number of rotatable bonds is 5. The second-order valence-electron chi connectivity index (χ2n) is 5.84. The van der Waals surface area contributed by atoms with Crippen LogP contribution in [0.5, 0.6) is 0 Å². The van der Waals surface area contributed by atoms with E-state index in [2.05, 4.69) is 10.5 Å². The predicted octanol–water partition coefficient (Wildman–Crippen LogP) is -0.437. The summed E-state index contributed by atoms with van der Waals surface area (Å²) in [7, 11) is 0. The third kappa shape index (κ3) is 3.28. The first-order chi connectivity index (χ1) is 11.9. The summed E-state index contributed by atoms with van der Waals surface area (Å²) in [5.41, 5.74) is 1.57. The van der Waals surface area contributed by atoms with Crippen molar-refractivity contribution in [2.75, 3.05) is 12.1 Å². The fourth-order valence-electron chi connectivity index (χ4n) is 2.48. The molecule has 0 aromatic carbocycles. The lowest BCUT2D eigenvalue weighted by atomic mass is 10.1. The number of carbonyl (C=O) groups is 2. The van der Waals surface area contributed by atoms with Crippen LogP contribution >= 0.6 is 0 Å². The average molecular weight is 355 g/mol. The number of hydrogen-bond donors (Lipinski definition) is 2. The topological polar surface area (TPSA) is 138 Å². The van der Waals surface area contributed by atoms with Crippen molar-refractivity contribution in [3.05, 3.63) is 22.7 Å². The van der Waals surface area contributed by atoms with Gasteiger partial charge in [-0.05, 0) is 0 Å². The second-order valence-corrected chi connectivity index (χ2v) is 5.84. The predicted molar refractivity (Wildman–Crippen MR) is 79.2 cm³/mol. The molecule has 0 bridgehead atoms. The molecule has 3 rings (SSSR count). The van der Waals surface area contributed by atoms with Crippen LogP contribution in [0.2, 0.25) is 0 Å². The number of aromatic nitrogens is 2. The van der Waals surface area contributed by atoms with Crippen molar-refractivity contribution in [3.63, 3.8) is 0 Å². The number of nitrogens with zero attached hydrogens (tertiary/aromatic N) is 2. The molecule has 11 heteroatoms. The first-order valence-corrected chi connectivity index (χ1v) is 7.60.